The Kier molecular flexibility index (Phi) is 4.75. The Morgan fingerprint density at radius 2 is 1.91 bits per heavy atom. The van der Waals surface area contributed by atoms with Gasteiger partial charge in [0.1, 0.15) is 28.5 Å². The normalized spacial score (nSPS) is 24.0. The largest absolute Gasteiger partial charge is 0.507 e. The number of hydrogen-bond acceptors (Lipinski definition) is 5. The van der Waals surface area contributed by atoms with E-state index >= 15 is 0 Å². The van der Waals surface area contributed by atoms with Gasteiger partial charge < -0.3 is 14.1 Å². The molecular formula is C29H33N3O3. The van der Waals surface area contributed by atoms with Crippen LogP contribution in [0.25, 0.3) is 33.4 Å². The van der Waals surface area contributed by atoms with Crippen molar-refractivity contribution in [3.8, 4) is 17.1 Å². The topological polar surface area (TPSA) is 71.5 Å². The highest BCUT2D eigenvalue weighted by molar-refractivity contribution is 5.87. The van der Waals surface area contributed by atoms with Crippen LogP contribution in [0.2, 0.25) is 0 Å². The molecule has 0 amide bonds. The van der Waals surface area contributed by atoms with Gasteiger partial charge in [-0.25, -0.2) is 4.98 Å². The van der Waals surface area contributed by atoms with Gasteiger partial charge >= 0.3 is 0 Å². The summed E-state index contributed by atoms with van der Waals surface area (Å²) >= 11 is 0. The van der Waals surface area contributed by atoms with E-state index in [4.69, 9.17) is 9.40 Å². The lowest BCUT2D eigenvalue weighted by Gasteiger charge is -2.40. The van der Waals surface area contributed by atoms with Gasteiger partial charge in [-0.3, -0.25) is 9.69 Å². The first-order chi connectivity index (χ1) is 16.6. The van der Waals surface area contributed by atoms with Crippen molar-refractivity contribution < 1.29 is 9.52 Å². The number of phenols is 1. The second-order valence-electron chi connectivity index (χ2n) is 11.9. The van der Waals surface area contributed by atoms with Crippen molar-refractivity contribution in [2.75, 3.05) is 6.54 Å². The minimum atomic E-state index is -0.114. The molecule has 1 N–H and O–H groups in total. The number of para-hydroxylation sites is 2. The minimum Gasteiger partial charge on any atom is -0.507 e. The first-order valence-corrected chi connectivity index (χ1v) is 12.5. The fraction of sp³-hybridized carbons (Fsp3) is 0.448. The number of benzene rings is 2. The minimum absolute atomic E-state index is 0.114. The highest BCUT2D eigenvalue weighted by atomic mass is 16.3. The van der Waals surface area contributed by atoms with Gasteiger partial charge in [-0.05, 0) is 61.3 Å². The van der Waals surface area contributed by atoms with Crippen LogP contribution in [-0.4, -0.2) is 32.1 Å². The van der Waals surface area contributed by atoms with E-state index in [2.05, 4.69) is 25.7 Å². The van der Waals surface area contributed by atoms with E-state index in [1.54, 1.807) is 12.1 Å². The second-order valence-corrected chi connectivity index (χ2v) is 11.9. The smallest absolute Gasteiger partial charge is 0.203 e. The summed E-state index contributed by atoms with van der Waals surface area (Å²) in [6.07, 6.45) is 3.54. The lowest BCUT2D eigenvalue weighted by molar-refractivity contribution is 0.126. The van der Waals surface area contributed by atoms with E-state index in [0.717, 1.165) is 24.0 Å². The molecule has 2 aromatic carbocycles. The summed E-state index contributed by atoms with van der Waals surface area (Å²) in [4.78, 5) is 21.0. The molecule has 0 spiro atoms. The Hall–Kier alpha value is -3.12. The summed E-state index contributed by atoms with van der Waals surface area (Å²) in [6.45, 7) is 10.5. The molecule has 1 aliphatic carbocycles. The molecule has 2 aromatic heterocycles. The Morgan fingerprint density at radius 3 is 2.69 bits per heavy atom. The van der Waals surface area contributed by atoms with Crippen molar-refractivity contribution in [3.05, 3.63) is 57.9 Å². The monoisotopic (exact) mass is 471 g/mol. The van der Waals surface area contributed by atoms with Crippen molar-refractivity contribution in [1.29, 1.82) is 0 Å². The zero-order valence-electron chi connectivity index (χ0n) is 21.2. The molecule has 4 aromatic rings. The van der Waals surface area contributed by atoms with Crippen molar-refractivity contribution in [2.24, 2.45) is 17.9 Å². The number of phenolic OH excluding ortho intramolecular Hbond substituents is 1. The van der Waals surface area contributed by atoms with Crippen molar-refractivity contribution >= 4 is 22.0 Å². The molecule has 1 saturated heterocycles. The van der Waals surface area contributed by atoms with Crippen LogP contribution in [0.1, 0.15) is 51.4 Å². The average Bonchev–Trinajstić information content (AvgIpc) is 3.22. The predicted octanol–water partition coefficient (Wildman–Crippen LogP) is 5.76. The number of likely N-dealkylation sites (tertiary alicyclic amines) is 1. The Morgan fingerprint density at radius 1 is 1.14 bits per heavy atom. The first kappa shape index (κ1) is 22.4. The van der Waals surface area contributed by atoms with Crippen LogP contribution in [0.4, 0.5) is 0 Å². The summed E-state index contributed by atoms with van der Waals surface area (Å²) in [5.41, 5.74) is 3.95. The van der Waals surface area contributed by atoms with Crippen molar-refractivity contribution in [2.45, 2.75) is 59.5 Å². The molecule has 1 saturated carbocycles. The van der Waals surface area contributed by atoms with Gasteiger partial charge in [0.05, 0.1) is 22.0 Å². The summed E-state index contributed by atoms with van der Waals surface area (Å²) in [5.74, 6) is 1.29. The zero-order chi connectivity index (χ0) is 24.7. The van der Waals surface area contributed by atoms with Gasteiger partial charge in [0, 0.05) is 26.2 Å². The maximum absolute atomic E-state index is 13.8. The van der Waals surface area contributed by atoms with E-state index in [1.807, 2.05) is 42.8 Å². The standard InChI is InChI=1S/C29H33N3O3/c1-17-24(27-30-21-8-6-7-9-22(21)31(27)5)25(34)19-10-11-23(33)20(26(19)35-17)14-32-16-29(4)13-18(32)12-28(2,3)15-29/h6-11,18,33H,12-16H2,1-5H3/t18-,29+/m1/s1. The third-order valence-corrected chi connectivity index (χ3v) is 8.21. The number of rotatable bonds is 3. The van der Waals surface area contributed by atoms with Crippen LogP contribution in [0.15, 0.2) is 45.6 Å². The number of aromatic nitrogens is 2. The van der Waals surface area contributed by atoms with Crippen LogP contribution in [0, 0.1) is 17.8 Å². The molecule has 0 unspecified atom stereocenters. The van der Waals surface area contributed by atoms with Gasteiger partial charge in [0.15, 0.2) is 0 Å². The lowest BCUT2D eigenvalue weighted by Crippen LogP contribution is -2.34. The van der Waals surface area contributed by atoms with E-state index in [9.17, 15) is 9.90 Å². The van der Waals surface area contributed by atoms with E-state index < -0.39 is 0 Å². The molecule has 6 heteroatoms. The third kappa shape index (κ3) is 3.49. The van der Waals surface area contributed by atoms with Gasteiger partial charge in [0.2, 0.25) is 5.43 Å². The Balaban J connectivity index is 1.46. The summed E-state index contributed by atoms with van der Waals surface area (Å²) in [5, 5.41) is 11.4. The summed E-state index contributed by atoms with van der Waals surface area (Å²) in [7, 11) is 1.92. The number of imidazole rings is 1. The highest BCUT2D eigenvalue weighted by Gasteiger charge is 2.49. The number of aromatic hydroxyl groups is 1. The second kappa shape index (κ2) is 7.44. The molecule has 1 aliphatic heterocycles. The maximum atomic E-state index is 13.8. The SMILES string of the molecule is Cc1oc2c(CN3C[C@@]4(C)C[C@H]3CC(C)(C)C4)c(O)ccc2c(=O)c1-c1nc2ccccc2n1C. The highest BCUT2D eigenvalue weighted by Crippen LogP contribution is 2.53. The van der Waals surface area contributed by atoms with E-state index in [0.29, 0.717) is 51.7 Å². The number of fused-ring (bicyclic) bond motifs is 4. The van der Waals surface area contributed by atoms with Gasteiger partial charge in [0.25, 0.3) is 0 Å². The van der Waals surface area contributed by atoms with Crippen LogP contribution in [0.5, 0.6) is 5.75 Å². The van der Waals surface area contributed by atoms with Gasteiger partial charge in [-0.2, -0.15) is 0 Å². The molecule has 35 heavy (non-hydrogen) atoms. The fourth-order valence-electron chi connectivity index (χ4n) is 7.16. The molecule has 6 nitrogen and oxygen atoms in total. The zero-order valence-corrected chi connectivity index (χ0v) is 21.2. The predicted molar refractivity (Wildman–Crippen MR) is 139 cm³/mol. The van der Waals surface area contributed by atoms with E-state index in [-0.39, 0.29) is 16.6 Å². The molecule has 2 fully saturated rings. The van der Waals surface area contributed by atoms with Crippen LogP contribution >= 0.6 is 0 Å². The summed E-state index contributed by atoms with van der Waals surface area (Å²) < 4.78 is 8.28. The molecule has 182 valence electrons. The lowest BCUT2D eigenvalue weighted by atomic mass is 9.65. The quantitative estimate of drug-likeness (QED) is 0.411. The third-order valence-electron chi connectivity index (χ3n) is 8.21. The van der Waals surface area contributed by atoms with Crippen LogP contribution in [0.3, 0.4) is 0 Å². The Labute approximate surface area is 205 Å². The molecular weight excluding hydrogens is 438 g/mol. The molecule has 0 radical (unpaired) electrons. The molecule has 2 aliphatic rings. The summed E-state index contributed by atoms with van der Waals surface area (Å²) in [6, 6.07) is 11.6. The average molecular weight is 472 g/mol. The van der Waals surface area contributed by atoms with Gasteiger partial charge in [-0.1, -0.05) is 32.9 Å². The maximum Gasteiger partial charge on any atom is 0.203 e. The number of hydrogen-bond donors (Lipinski definition) is 1. The van der Waals surface area contributed by atoms with Crippen LogP contribution < -0.4 is 5.43 Å². The Bertz CT molecular complexity index is 1550. The van der Waals surface area contributed by atoms with Crippen LogP contribution in [-0.2, 0) is 13.6 Å². The molecule has 6 rings (SSSR count). The van der Waals surface area contributed by atoms with Crippen molar-refractivity contribution in [1.82, 2.24) is 14.5 Å². The fourth-order valence-corrected chi connectivity index (χ4v) is 7.16. The molecule has 2 bridgehead atoms. The van der Waals surface area contributed by atoms with Gasteiger partial charge in [-0.15, -0.1) is 0 Å². The van der Waals surface area contributed by atoms with Crippen molar-refractivity contribution in [3.63, 3.8) is 0 Å². The first-order valence-electron chi connectivity index (χ1n) is 12.5. The molecule has 2 atom stereocenters. The number of nitrogens with zero attached hydrogens (tertiary/aromatic N) is 3. The molecule has 3 heterocycles. The number of aryl methyl sites for hydroxylation is 2. The van der Waals surface area contributed by atoms with E-state index in [1.165, 1.54) is 12.8 Å².